The van der Waals surface area contributed by atoms with Crippen LogP contribution in [0.5, 0.6) is 0 Å². The van der Waals surface area contributed by atoms with Crippen molar-refractivity contribution in [2.24, 2.45) is 0 Å². The molecular weight excluding hydrogens is 304 g/mol. The maximum atomic E-state index is 12.3. The van der Waals surface area contributed by atoms with Crippen molar-refractivity contribution in [2.75, 3.05) is 19.4 Å². The topological polar surface area (TPSA) is 81.4 Å². The smallest absolute Gasteiger partial charge is 0.322 e. The van der Waals surface area contributed by atoms with E-state index in [1.165, 1.54) is 7.11 Å². The van der Waals surface area contributed by atoms with Gasteiger partial charge in [-0.1, -0.05) is 30.3 Å². The monoisotopic (exact) mass is 326 g/mol. The van der Waals surface area contributed by atoms with Crippen molar-refractivity contribution in [2.45, 2.75) is 19.9 Å². The van der Waals surface area contributed by atoms with Gasteiger partial charge in [0.1, 0.15) is 6.04 Å². The molecule has 0 aromatic heterocycles. The molecule has 0 bridgehead atoms. The zero-order valence-electron chi connectivity index (χ0n) is 14.1. The van der Waals surface area contributed by atoms with Crippen LogP contribution in [0, 0.1) is 6.92 Å². The minimum absolute atomic E-state index is 0.0672. The zero-order chi connectivity index (χ0) is 17.7. The number of ether oxygens (including phenoxy) is 1. The molecule has 0 saturated heterocycles. The molecule has 0 aliphatic rings. The standard InChI is InChI=1S/C19H22N2O3/c1-12-9-15(14-5-4-6-16(20)10-14)7-8-17(12)18(22)11-21-13(2)19(23)24-3/h4-10,13,21H,11,20H2,1-3H3/t13-/m0/s1. The number of carbonyl (C=O) groups excluding carboxylic acids is 2. The van der Waals surface area contributed by atoms with Crippen LogP contribution in [0.2, 0.25) is 0 Å². The molecule has 0 saturated carbocycles. The van der Waals surface area contributed by atoms with Gasteiger partial charge in [0.2, 0.25) is 0 Å². The average molecular weight is 326 g/mol. The van der Waals surface area contributed by atoms with E-state index in [1.807, 2.05) is 43.3 Å². The highest BCUT2D eigenvalue weighted by Crippen LogP contribution is 2.24. The van der Waals surface area contributed by atoms with E-state index in [1.54, 1.807) is 13.0 Å². The van der Waals surface area contributed by atoms with Crippen LogP contribution in [0.4, 0.5) is 5.69 Å². The van der Waals surface area contributed by atoms with Gasteiger partial charge < -0.3 is 10.5 Å². The van der Waals surface area contributed by atoms with Crippen molar-refractivity contribution in [3.05, 3.63) is 53.6 Å². The number of nitrogens with one attached hydrogen (secondary N) is 1. The van der Waals surface area contributed by atoms with Crippen molar-refractivity contribution < 1.29 is 14.3 Å². The molecule has 0 aliphatic carbocycles. The number of esters is 1. The zero-order valence-corrected chi connectivity index (χ0v) is 14.1. The number of nitrogens with two attached hydrogens (primary N) is 1. The van der Waals surface area contributed by atoms with Gasteiger partial charge in [0.15, 0.2) is 5.78 Å². The second-order valence-electron chi connectivity index (χ2n) is 5.70. The fourth-order valence-corrected chi connectivity index (χ4v) is 2.48. The Morgan fingerprint density at radius 2 is 1.88 bits per heavy atom. The van der Waals surface area contributed by atoms with Crippen LogP contribution in [0.15, 0.2) is 42.5 Å². The molecule has 0 spiro atoms. The first-order valence-corrected chi connectivity index (χ1v) is 7.73. The molecule has 2 aromatic rings. The maximum Gasteiger partial charge on any atom is 0.322 e. The number of aryl methyl sites for hydroxylation is 1. The van der Waals surface area contributed by atoms with Crippen molar-refractivity contribution in [3.63, 3.8) is 0 Å². The number of hydrogen-bond donors (Lipinski definition) is 2. The maximum absolute atomic E-state index is 12.3. The number of hydrogen-bond acceptors (Lipinski definition) is 5. The predicted molar refractivity (Wildman–Crippen MR) is 94.8 cm³/mol. The molecule has 1 atom stereocenters. The summed E-state index contributed by atoms with van der Waals surface area (Å²) in [4.78, 5) is 23.7. The van der Waals surface area contributed by atoms with Crippen molar-refractivity contribution in [3.8, 4) is 11.1 Å². The Labute approximate surface area is 141 Å². The molecule has 2 rings (SSSR count). The lowest BCUT2D eigenvalue weighted by atomic mass is 9.97. The number of carbonyl (C=O) groups is 2. The van der Waals surface area contributed by atoms with E-state index in [0.29, 0.717) is 11.3 Å². The average Bonchev–Trinajstić information content (AvgIpc) is 2.58. The summed E-state index contributed by atoms with van der Waals surface area (Å²) in [7, 11) is 1.32. The number of ketones is 1. The summed E-state index contributed by atoms with van der Waals surface area (Å²) in [5.74, 6) is -0.459. The third kappa shape index (κ3) is 4.20. The summed E-state index contributed by atoms with van der Waals surface area (Å²) in [6.45, 7) is 3.64. The molecule has 126 valence electrons. The van der Waals surface area contributed by atoms with E-state index in [-0.39, 0.29) is 12.3 Å². The molecule has 0 fully saturated rings. The molecule has 2 aromatic carbocycles. The van der Waals surface area contributed by atoms with Crippen LogP contribution in [0.1, 0.15) is 22.8 Å². The first kappa shape index (κ1) is 17.7. The van der Waals surface area contributed by atoms with Gasteiger partial charge in [-0.25, -0.2) is 0 Å². The molecule has 0 heterocycles. The van der Waals surface area contributed by atoms with Gasteiger partial charge in [0.25, 0.3) is 0 Å². The van der Waals surface area contributed by atoms with Crippen molar-refractivity contribution in [1.82, 2.24) is 5.32 Å². The molecule has 5 nitrogen and oxygen atoms in total. The van der Waals surface area contributed by atoms with Crippen LogP contribution < -0.4 is 11.1 Å². The number of rotatable bonds is 6. The van der Waals surface area contributed by atoms with Gasteiger partial charge in [0, 0.05) is 11.3 Å². The quantitative estimate of drug-likeness (QED) is 0.484. The lowest BCUT2D eigenvalue weighted by molar-refractivity contribution is -0.142. The van der Waals surface area contributed by atoms with Gasteiger partial charge in [0.05, 0.1) is 13.7 Å². The Balaban J connectivity index is 2.12. The SMILES string of the molecule is COC(=O)[C@H](C)NCC(=O)c1ccc(-c2cccc(N)c2)cc1C. The molecule has 24 heavy (non-hydrogen) atoms. The second kappa shape index (κ2) is 7.75. The summed E-state index contributed by atoms with van der Waals surface area (Å²) in [5.41, 5.74) is 10.0. The van der Waals surface area contributed by atoms with Gasteiger partial charge >= 0.3 is 5.97 Å². The third-order valence-electron chi connectivity index (χ3n) is 3.87. The van der Waals surface area contributed by atoms with Crippen LogP contribution in [0.3, 0.4) is 0 Å². The van der Waals surface area contributed by atoms with Crippen molar-refractivity contribution >= 4 is 17.4 Å². The Kier molecular flexibility index (Phi) is 5.71. The minimum Gasteiger partial charge on any atom is -0.468 e. The largest absolute Gasteiger partial charge is 0.468 e. The van der Waals surface area contributed by atoms with Crippen molar-refractivity contribution in [1.29, 1.82) is 0 Å². The molecule has 0 unspecified atom stereocenters. The van der Waals surface area contributed by atoms with E-state index in [0.717, 1.165) is 16.7 Å². The summed E-state index contributed by atoms with van der Waals surface area (Å²) in [5, 5.41) is 2.87. The Morgan fingerprint density at radius 3 is 2.50 bits per heavy atom. The second-order valence-corrected chi connectivity index (χ2v) is 5.70. The lowest BCUT2D eigenvalue weighted by Gasteiger charge is -2.12. The van der Waals surface area contributed by atoms with E-state index in [9.17, 15) is 9.59 Å². The van der Waals surface area contributed by atoms with E-state index in [2.05, 4.69) is 10.1 Å². The number of anilines is 1. The van der Waals surface area contributed by atoms with E-state index < -0.39 is 12.0 Å². The molecule has 0 aliphatic heterocycles. The summed E-state index contributed by atoms with van der Waals surface area (Å²) < 4.78 is 4.63. The Morgan fingerprint density at radius 1 is 1.17 bits per heavy atom. The third-order valence-corrected chi connectivity index (χ3v) is 3.87. The van der Waals surface area contributed by atoms with Crippen LogP contribution in [0.25, 0.3) is 11.1 Å². The number of nitrogen functional groups attached to an aromatic ring is 1. The summed E-state index contributed by atoms with van der Waals surface area (Å²) >= 11 is 0. The molecule has 5 heteroatoms. The highest BCUT2D eigenvalue weighted by Gasteiger charge is 2.16. The highest BCUT2D eigenvalue weighted by atomic mass is 16.5. The molecular formula is C19H22N2O3. The fourth-order valence-electron chi connectivity index (χ4n) is 2.48. The minimum atomic E-state index is -0.522. The van der Waals surface area contributed by atoms with Gasteiger partial charge in [-0.05, 0) is 42.7 Å². The van der Waals surface area contributed by atoms with E-state index in [4.69, 9.17) is 5.73 Å². The Hall–Kier alpha value is -2.66. The van der Waals surface area contributed by atoms with Crippen LogP contribution in [-0.2, 0) is 9.53 Å². The van der Waals surface area contributed by atoms with Gasteiger partial charge in [-0.2, -0.15) is 0 Å². The Bertz CT molecular complexity index is 756. The highest BCUT2D eigenvalue weighted by molar-refractivity contribution is 5.99. The molecule has 0 radical (unpaired) electrons. The lowest BCUT2D eigenvalue weighted by Crippen LogP contribution is -2.38. The van der Waals surface area contributed by atoms with E-state index >= 15 is 0 Å². The molecule has 3 N–H and O–H groups in total. The van der Waals surface area contributed by atoms with Crippen LogP contribution >= 0.6 is 0 Å². The summed E-state index contributed by atoms with van der Waals surface area (Å²) in [6, 6.07) is 12.8. The molecule has 0 amide bonds. The van der Waals surface area contributed by atoms with Gasteiger partial charge in [-0.15, -0.1) is 0 Å². The van der Waals surface area contributed by atoms with Gasteiger partial charge in [-0.3, -0.25) is 14.9 Å². The first-order chi connectivity index (χ1) is 11.4. The van der Waals surface area contributed by atoms with Crippen LogP contribution in [-0.4, -0.2) is 31.4 Å². The first-order valence-electron chi connectivity index (χ1n) is 7.73. The normalized spacial score (nSPS) is 11.8. The predicted octanol–water partition coefficient (Wildman–Crippen LogP) is 2.58. The number of Topliss-reactive ketones (excluding diaryl/α,β-unsaturated/α-hetero) is 1. The number of methoxy groups -OCH3 is 1. The summed E-state index contributed by atoms with van der Waals surface area (Å²) in [6.07, 6.45) is 0. The fraction of sp³-hybridized carbons (Fsp3) is 0.263. The number of benzene rings is 2.